The van der Waals surface area contributed by atoms with Gasteiger partial charge in [-0.15, -0.1) is 0 Å². The van der Waals surface area contributed by atoms with Crippen molar-refractivity contribution >= 4 is 51.9 Å². The van der Waals surface area contributed by atoms with Gasteiger partial charge in [-0.25, -0.2) is 4.99 Å². The largest absolute Gasteiger partial charge is 0.339 e. The van der Waals surface area contributed by atoms with Gasteiger partial charge in [0.2, 0.25) is 5.91 Å². The zero-order valence-corrected chi connectivity index (χ0v) is 25.4. The van der Waals surface area contributed by atoms with Crippen molar-refractivity contribution in [2.24, 2.45) is 10.9 Å². The Morgan fingerprint density at radius 2 is 1.56 bits per heavy atom. The Hall–Kier alpha value is -2.48. The van der Waals surface area contributed by atoms with Gasteiger partial charge in [0.05, 0.1) is 12.1 Å². The molecule has 3 heterocycles. The molecule has 206 valence electrons. The standard InChI is InChI=1S/C30H34Cl2N4O2S/c1-17(2)25-26(28(38)35(18(3)4)24-15-34(16-24)19(5)37)39-29-33-30(6,21-9-13-23(32)14-10-21)27(36(25)29)20-7-11-22(31)12-8-20/h7-14,17-18,24,27H,15-16H2,1-6H3. The van der Waals surface area contributed by atoms with E-state index < -0.39 is 5.54 Å². The molecule has 39 heavy (non-hydrogen) atoms. The first-order valence-corrected chi connectivity index (χ1v) is 14.9. The fourth-order valence-electron chi connectivity index (χ4n) is 5.89. The lowest BCUT2D eigenvalue weighted by Gasteiger charge is -2.47. The van der Waals surface area contributed by atoms with Crippen molar-refractivity contribution in [3.63, 3.8) is 0 Å². The van der Waals surface area contributed by atoms with E-state index in [1.807, 2.05) is 67.3 Å². The number of benzene rings is 2. The zero-order chi connectivity index (χ0) is 28.2. The Labute approximate surface area is 245 Å². The minimum absolute atomic E-state index is 0.00175. The zero-order valence-electron chi connectivity index (χ0n) is 23.1. The molecule has 0 saturated carbocycles. The van der Waals surface area contributed by atoms with E-state index in [2.05, 4.69) is 25.7 Å². The molecule has 5 rings (SSSR count). The van der Waals surface area contributed by atoms with Crippen LogP contribution in [-0.4, -0.2) is 56.9 Å². The van der Waals surface area contributed by atoms with Crippen molar-refractivity contribution in [1.29, 1.82) is 0 Å². The number of amides is 2. The Balaban J connectivity index is 1.59. The molecular formula is C30H34Cl2N4O2S. The van der Waals surface area contributed by atoms with E-state index in [1.165, 1.54) is 11.8 Å². The van der Waals surface area contributed by atoms with Gasteiger partial charge in [0.1, 0.15) is 10.4 Å². The number of carbonyl (C=O) groups is 2. The Kier molecular flexibility index (Phi) is 7.55. The number of aliphatic imine (C=N–C) groups is 1. The second-order valence-corrected chi connectivity index (χ2v) is 13.1. The quantitative estimate of drug-likeness (QED) is 0.379. The van der Waals surface area contributed by atoms with Crippen LogP contribution < -0.4 is 0 Å². The van der Waals surface area contributed by atoms with Crippen LogP contribution in [0, 0.1) is 5.92 Å². The molecule has 3 aliphatic rings. The average molecular weight is 586 g/mol. The summed E-state index contributed by atoms with van der Waals surface area (Å²) in [6, 6.07) is 15.6. The van der Waals surface area contributed by atoms with Crippen molar-refractivity contribution in [3.8, 4) is 0 Å². The van der Waals surface area contributed by atoms with Gasteiger partial charge < -0.3 is 14.7 Å². The van der Waals surface area contributed by atoms with Gasteiger partial charge in [-0.3, -0.25) is 9.59 Å². The SMILES string of the molecule is CC(=O)N1CC(N(C(=O)C2=C(C(C)C)N3C(=NC(C)(c4ccc(Cl)cc4)C3c3ccc(Cl)cc3)S2)C(C)C)C1. The molecule has 1 saturated heterocycles. The van der Waals surface area contributed by atoms with Crippen LogP contribution >= 0.6 is 35.0 Å². The summed E-state index contributed by atoms with van der Waals surface area (Å²) in [7, 11) is 0. The van der Waals surface area contributed by atoms with Crippen molar-refractivity contribution < 1.29 is 9.59 Å². The molecular weight excluding hydrogens is 551 g/mol. The number of thioether (sulfide) groups is 1. The highest BCUT2D eigenvalue weighted by Crippen LogP contribution is 2.56. The van der Waals surface area contributed by atoms with E-state index in [9.17, 15) is 9.59 Å². The topological polar surface area (TPSA) is 56.2 Å². The number of rotatable bonds is 6. The number of hydrogen-bond acceptors (Lipinski definition) is 5. The van der Waals surface area contributed by atoms with Gasteiger partial charge in [-0.2, -0.15) is 0 Å². The van der Waals surface area contributed by atoms with Crippen molar-refractivity contribution in [1.82, 2.24) is 14.7 Å². The number of halogens is 2. The average Bonchev–Trinajstić information content (AvgIpc) is 3.34. The Bertz CT molecular complexity index is 1350. The fourth-order valence-corrected chi connectivity index (χ4v) is 7.50. The predicted octanol–water partition coefficient (Wildman–Crippen LogP) is 6.70. The highest BCUT2D eigenvalue weighted by Gasteiger charge is 2.54. The molecule has 0 aromatic heterocycles. The van der Waals surface area contributed by atoms with Gasteiger partial charge in [0.25, 0.3) is 5.91 Å². The highest BCUT2D eigenvalue weighted by atomic mass is 35.5. The minimum atomic E-state index is -0.608. The summed E-state index contributed by atoms with van der Waals surface area (Å²) in [6.07, 6.45) is 0. The molecule has 6 nitrogen and oxygen atoms in total. The first-order valence-electron chi connectivity index (χ1n) is 13.3. The summed E-state index contributed by atoms with van der Waals surface area (Å²) in [4.78, 5) is 38.1. The van der Waals surface area contributed by atoms with Crippen LogP contribution in [-0.2, 0) is 15.1 Å². The van der Waals surface area contributed by atoms with Crippen LogP contribution in [0.25, 0.3) is 0 Å². The molecule has 2 amide bonds. The molecule has 0 N–H and O–H groups in total. The molecule has 2 aromatic rings. The third-order valence-corrected chi connectivity index (χ3v) is 9.42. The van der Waals surface area contributed by atoms with Crippen LogP contribution in [0.2, 0.25) is 10.0 Å². The van der Waals surface area contributed by atoms with Gasteiger partial charge in [-0.05, 0) is 73.8 Å². The van der Waals surface area contributed by atoms with Gasteiger partial charge in [-0.1, -0.05) is 61.3 Å². The van der Waals surface area contributed by atoms with Gasteiger partial charge >= 0.3 is 0 Å². The fraction of sp³-hybridized carbons (Fsp3) is 0.433. The minimum Gasteiger partial charge on any atom is -0.339 e. The third kappa shape index (κ3) is 4.87. The molecule has 2 aromatic carbocycles. The van der Waals surface area contributed by atoms with Crippen LogP contribution in [0.15, 0.2) is 64.1 Å². The predicted molar refractivity (Wildman–Crippen MR) is 160 cm³/mol. The molecule has 9 heteroatoms. The maximum absolute atomic E-state index is 14.2. The third-order valence-electron chi connectivity index (χ3n) is 7.86. The molecule has 3 aliphatic heterocycles. The van der Waals surface area contributed by atoms with E-state index in [0.29, 0.717) is 23.1 Å². The van der Waals surface area contributed by atoms with E-state index >= 15 is 0 Å². The second kappa shape index (κ2) is 10.5. The summed E-state index contributed by atoms with van der Waals surface area (Å²) >= 11 is 14.0. The maximum Gasteiger partial charge on any atom is 0.263 e. The number of carbonyl (C=O) groups excluding carboxylic acids is 2. The summed E-state index contributed by atoms with van der Waals surface area (Å²) in [5, 5.41) is 2.17. The van der Waals surface area contributed by atoms with E-state index in [1.54, 1.807) is 11.8 Å². The first kappa shape index (κ1) is 28.1. The molecule has 0 spiro atoms. The van der Waals surface area contributed by atoms with Crippen LogP contribution in [0.4, 0.5) is 0 Å². The number of amidine groups is 1. The van der Waals surface area contributed by atoms with Crippen LogP contribution in [0.5, 0.6) is 0 Å². The van der Waals surface area contributed by atoms with E-state index in [4.69, 9.17) is 28.2 Å². The second-order valence-electron chi connectivity index (χ2n) is 11.2. The lowest BCUT2D eigenvalue weighted by Crippen LogP contribution is -2.63. The molecule has 1 fully saturated rings. The molecule has 0 bridgehead atoms. The normalized spacial score (nSPS) is 22.9. The number of nitrogens with zero attached hydrogens (tertiary/aromatic N) is 4. The van der Waals surface area contributed by atoms with Crippen molar-refractivity contribution in [2.45, 2.75) is 65.2 Å². The smallest absolute Gasteiger partial charge is 0.263 e. The summed E-state index contributed by atoms with van der Waals surface area (Å²) in [5.74, 6) is 0.129. The van der Waals surface area contributed by atoms with Gasteiger partial charge in [0, 0.05) is 41.8 Å². The Morgan fingerprint density at radius 1 is 1.00 bits per heavy atom. The summed E-state index contributed by atoms with van der Waals surface area (Å²) < 4.78 is 0. The summed E-state index contributed by atoms with van der Waals surface area (Å²) in [5.41, 5.74) is 2.49. The number of likely N-dealkylation sites (tertiary alicyclic amines) is 1. The maximum atomic E-state index is 14.2. The first-order chi connectivity index (χ1) is 18.4. The molecule has 0 radical (unpaired) electrons. The highest BCUT2D eigenvalue weighted by molar-refractivity contribution is 8.18. The van der Waals surface area contributed by atoms with Crippen molar-refractivity contribution in [2.75, 3.05) is 13.1 Å². The number of allylic oxidation sites excluding steroid dienone is 1. The monoisotopic (exact) mass is 584 g/mol. The van der Waals surface area contributed by atoms with Crippen molar-refractivity contribution in [3.05, 3.63) is 80.3 Å². The lowest BCUT2D eigenvalue weighted by molar-refractivity contribution is -0.144. The molecule has 0 aliphatic carbocycles. The Morgan fingerprint density at radius 3 is 2.08 bits per heavy atom. The number of fused-ring (bicyclic) bond motifs is 1. The number of hydrogen-bond donors (Lipinski definition) is 0. The summed E-state index contributed by atoms with van der Waals surface area (Å²) in [6.45, 7) is 13.2. The molecule has 2 atom stereocenters. The van der Waals surface area contributed by atoms with Gasteiger partial charge in [0.15, 0.2) is 5.17 Å². The lowest BCUT2D eigenvalue weighted by atomic mass is 9.81. The van der Waals surface area contributed by atoms with Crippen LogP contribution in [0.1, 0.15) is 58.7 Å². The van der Waals surface area contributed by atoms with E-state index in [0.717, 1.165) is 26.9 Å². The van der Waals surface area contributed by atoms with E-state index in [-0.39, 0.29) is 35.9 Å². The van der Waals surface area contributed by atoms with Crippen LogP contribution in [0.3, 0.4) is 0 Å². The molecule has 2 unspecified atom stereocenters.